The van der Waals surface area contributed by atoms with Crippen molar-refractivity contribution < 1.29 is 19.1 Å². The van der Waals surface area contributed by atoms with Gasteiger partial charge in [-0.3, -0.25) is 9.69 Å². The number of benzene rings is 3. The van der Waals surface area contributed by atoms with Gasteiger partial charge >= 0.3 is 5.97 Å². The summed E-state index contributed by atoms with van der Waals surface area (Å²) in [4.78, 5) is 32.6. The first-order chi connectivity index (χ1) is 17.1. The molecule has 0 spiro atoms. The topological polar surface area (TPSA) is 62.3 Å². The maximum absolute atomic E-state index is 13.6. The van der Waals surface area contributed by atoms with Crippen LogP contribution in [0.5, 0.6) is 5.75 Å². The lowest BCUT2D eigenvalue weighted by Crippen LogP contribution is -2.49. The first kappa shape index (κ1) is 24.3. The molecule has 0 atom stereocenters. The lowest BCUT2D eigenvalue weighted by molar-refractivity contribution is 0.0601. The van der Waals surface area contributed by atoms with E-state index in [0.717, 1.165) is 26.2 Å². The molecule has 1 aliphatic rings. The van der Waals surface area contributed by atoms with Gasteiger partial charge in [0.2, 0.25) is 0 Å². The van der Waals surface area contributed by atoms with E-state index < -0.39 is 5.97 Å². The van der Waals surface area contributed by atoms with E-state index in [1.54, 1.807) is 42.3 Å². The van der Waals surface area contributed by atoms with Crippen LogP contribution in [-0.4, -0.2) is 70.3 Å². The van der Waals surface area contributed by atoms with Gasteiger partial charge in [-0.25, -0.2) is 4.79 Å². The Morgan fingerprint density at radius 3 is 2.14 bits per heavy atom. The number of rotatable bonds is 8. The van der Waals surface area contributed by atoms with E-state index in [0.29, 0.717) is 35.7 Å². The van der Waals surface area contributed by atoms with Crippen LogP contribution in [0.1, 0.15) is 20.7 Å². The van der Waals surface area contributed by atoms with Gasteiger partial charge in [0.15, 0.2) is 0 Å². The first-order valence-corrected chi connectivity index (χ1v) is 11.8. The highest BCUT2D eigenvalue weighted by atomic mass is 16.5. The molecule has 0 N–H and O–H groups in total. The molecular formula is C28H31N3O4. The molecule has 35 heavy (non-hydrogen) atoms. The number of carbonyl (C=O) groups is 2. The van der Waals surface area contributed by atoms with Crippen LogP contribution in [0.3, 0.4) is 0 Å². The summed E-state index contributed by atoms with van der Waals surface area (Å²) in [5.41, 5.74) is 2.59. The molecule has 0 aromatic heterocycles. The van der Waals surface area contributed by atoms with Crippen LogP contribution in [0.4, 0.5) is 11.4 Å². The Kier molecular flexibility index (Phi) is 8.00. The molecule has 1 amide bonds. The number of ether oxygens (including phenoxy) is 2. The molecule has 3 aromatic rings. The minimum atomic E-state index is -0.495. The van der Waals surface area contributed by atoms with Crippen molar-refractivity contribution in [1.29, 1.82) is 0 Å². The number of methoxy groups -OCH3 is 2. The van der Waals surface area contributed by atoms with Crippen LogP contribution in [0.25, 0.3) is 0 Å². The van der Waals surface area contributed by atoms with E-state index in [9.17, 15) is 9.59 Å². The molecule has 7 heteroatoms. The minimum absolute atomic E-state index is 0.174. The highest BCUT2D eigenvalue weighted by Gasteiger charge is 2.26. The van der Waals surface area contributed by atoms with Crippen molar-refractivity contribution in [2.75, 3.05) is 63.3 Å². The lowest BCUT2D eigenvalue weighted by Gasteiger charge is -2.37. The monoisotopic (exact) mass is 473 g/mol. The van der Waals surface area contributed by atoms with Crippen molar-refractivity contribution in [3.8, 4) is 5.75 Å². The summed E-state index contributed by atoms with van der Waals surface area (Å²) in [6, 6.07) is 24.6. The number of amides is 1. The second kappa shape index (κ2) is 11.5. The largest absolute Gasteiger partial charge is 0.497 e. The van der Waals surface area contributed by atoms with Crippen molar-refractivity contribution in [3.63, 3.8) is 0 Å². The van der Waals surface area contributed by atoms with Crippen LogP contribution >= 0.6 is 0 Å². The highest BCUT2D eigenvalue weighted by molar-refractivity contribution is 6.09. The molecule has 7 nitrogen and oxygen atoms in total. The molecule has 0 unspecified atom stereocenters. The summed E-state index contributed by atoms with van der Waals surface area (Å²) in [6.07, 6.45) is 0. The van der Waals surface area contributed by atoms with Crippen molar-refractivity contribution in [2.45, 2.75) is 0 Å². The third kappa shape index (κ3) is 5.81. The fraction of sp³-hybridized carbons (Fsp3) is 0.286. The number of carbonyl (C=O) groups excluding carboxylic acids is 2. The van der Waals surface area contributed by atoms with Gasteiger partial charge in [-0.05, 0) is 36.4 Å². The zero-order chi connectivity index (χ0) is 24.6. The third-order valence-corrected chi connectivity index (χ3v) is 6.30. The Labute approximate surface area is 206 Å². The molecule has 1 aliphatic heterocycles. The number of hydrogen-bond acceptors (Lipinski definition) is 6. The SMILES string of the molecule is COC(=O)c1ccc(OC)cc1N(CCN1CCN(c2ccccc2)CC1)C(=O)c1ccccc1. The molecule has 182 valence electrons. The number of hydrogen-bond donors (Lipinski definition) is 0. The van der Waals surface area contributed by atoms with Crippen molar-refractivity contribution in [1.82, 2.24) is 4.90 Å². The predicted molar refractivity (Wildman–Crippen MR) is 138 cm³/mol. The van der Waals surface area contributed by atoms with Crippen molar-refractivity contribution in [2.24, 2.45) is 0 Å². The number of nitrogens with zero attached hydrogens (tertiary/aromatic N) is 3. The third-order valence-electron chi connectivity index (χ3n) is 6.30. The van der Waals surface area contributed by atoms with Gasteiger partial charge in [-0.15, -0.1) is 0 Å². The molecule has 1 saturated heterocycles. The van der Waals surface area contributed by atoms with Crippen molar-refractivity contribution >= 4 is 23.3 Å². The van der Waals surface area contributed by atoms with E-state index in [1.165, 1.54) is 12.8 Å². The fourth-order valence-electron chi connectivity index (χ4n) is 4.32. The summed E-state index contributed by atoms with van der Waals surface area (Å²) in [6.45, 7) is 4.73. The lowest BCUT2D eigenvalue weighted by atomic mass is 10.1. The molecule has 1 fully saturated rings. The normalized spacial score (nSPS) is 13.8. The summed E-state index contributed by atoms with van der Waals surface area (Å²) in [7, 11) is 2.90. The Balaban J connectivity index is 1.55. The molecule has 1 heterocycles. The first-order valence-electron chi connectivity index (χ1n) is 11.8. The van der Waals surface area contributed by atoms with Gasteiger partial charge in [0.1, 0.15) is 5.75 Å². The van der Waals surface area contributed by atoms with Crippen LogP contribution in [0.2, 0.25) is 0 Å². The summed E-state index contributed by atoms with van der Waals surface area (Å²) in [5.74, 6) is -0.105. The summed E-state index contributed by atoms with van der Waals surface area (Å²) >= 11 is 0. The van der Waals surface area contributed by atoms with Gasteiger partial charge in [-0.1, -0.05) is 36.4 Å². The number of para-hydroxylation sites is 1. The van der Waals surface area contributed by atoms with Gasteiger partial charge in [0.05, 0.1) is 25.5 Å². The highest BCUT2D eigenvalue weighted by Crippen LogP contribution is 2.28. The van der Waals surface area contributed by atoms with Crippen LogP contribution in [0, 0.1) is 0 Å². The smallest absolute Gasteiger partial charge is 0.339 e. The summed E-state index contributed by atoms with van der Waals surface area (Å²) in [5, 5.41) is 0. The average molecular weight is 474 g/mol. The Morgan fingerprint density at radius 1 is 0.857 bits per heavy atom. The number of piperazine rings is 1. The zero-order valence-electron chi connectivity index (χ0n) is 20.2. The Hall–Kier alpha value is -3.84. The molecule has 0 saturated carbocycles. The molecule has 3 aromatic carbocycles. The average Bonchev–Trinajstić information content (AvgIpc) is 2.93. The van der Waals surface area contributed by atoms with Crippen molar-refractivity contribution in [3.05, 3.63) is 90.0 Å². The minimum Gasteiger partial charge on any atom is -0.497 e. The second-order valence-corrected chi connectivity index (χ2v) is 8.36. The zero-order valence-corrected chi connectivity index (χ0v) is 20.2. The molecule has 0 radical (unpaired) electrons. The van der Waals surface area contributed by atoms with Crippen LogP contribution in [0.15, 0.2) is 78.9 Å². The van der Waals surface area contributed by atoms with Gasteiger partial charge in [0, 0.05) is 56.6 Å². The Bertz CT molecular complexity index is 1130. The van der Waals surface area contributed by atoms with Crippen LogP contribution < -0.4 is 14.5 Å². The number of anilines is 2. The molecule has 4 rings (SSSR count). The maximum Gasteiger partial charge on any atom is 0.339 e. The quantitative estimate of drug-likeness (QED) is 0.462. The molecule has 0 bridgehead atoms. The Morgan fingerprint density at radius 2 is 1.51 bits per heavy atom. The van der Waals surface area contributed by atoms with Gasteiger partial charge in [-0.2, -0.15) is 0 Å². The second-order valence-electron chi connectivity index (χ2n) is 8.36. The number of esters is 1. The van der Waals surface area contributed by atoms with E-state index in [2.05, 4.69) is 34.1 Å². The standard InChI is InChI=1S/C28H31N3O4/c1-34-24-13-14-25(28(33)35-2)26(21-24)31(27(32)22-9-5-3-6-10-22)20-17-29-15-18-30(19-16-29)23-11-7-4-8-12-23/h3-14,21H,15-20H2,1-2H3. The maximum atomic E-state index is 13.6. The van der Waals surface area contributed by atoms with E-state index in [-0.39, 0.29) is 5.91 Å². The fourth-order valence-corrected chi connectivity index (χ4v) is 4.32. The van der Waals surface area contributed by atoms with E-state index >= 15 is 0 Å². The van der Waals surface area contributed by atoms with Gasteiger partial charge < -0.3 is 19.3 Å². The molecular weight excluding hydrogens is 442 g/mol. The molecule has 0 aliphatic carbocycles. The predicted octanol–water partition coefficient (Wildman–Crippen LogP) is 3.95. The van der Waals surface area contributed by atoms with Gasteiger partial charge in [0.25, 0.3) is 5.91 Å². The summed E-state index contributed by atoms with van der Waals surface area (Å²) < 4.78 is 10.4. The van der Waals surface area contributed by atoms with E-state index in [1.807, 2.05) is 24.3 Å². The van der Waals surface area contributed by atoms with E-state index in [4.69, 9.17) is 9.47 Å². The van der Waals surface area contributed by atoms with Crippen LogP contribution in [-0.2, 0) is 4.74 Å².